The number of aromatic nitrogens is 3. The van der Waals surface area contributed by atoms with Gasteiger partial charge in [0.2, 0.25) is 5.95 Å². The average Bonchev–Trinajstić information content (AvgIpc) is 2.90. The summed E-state index contributed by atoms with van der Waals surface area (Å²) in [6.45, 7) is 1.99. The van der Waals surface area contributed by atoms with Crippen molar-refractivity contribution in [3.8, 4) is 11.4 Å². The van der Waals surface area contributed by atoms with Crippen LogP contribution >= 0.6 is 0 Å². The fraction of sp³-hybridized carbons (Fsp3) is 0.118. The number of benzene rings is 2. The minimum Gasteiger partial charge on any atom is -0.368 e. The monoisotopic (exact) mass is 292 g/mol. The summed E-state index contributed by atoms with van der Waals surface area (Å²) in [4.78, 5) is 16.5. The molecule has 0 saturated heterocycles. The van der Waals surface area contributed by atoms with Crippen molar-refractivity contribution in [1.29, 1.82) is 0 Å². The standard InChI is InChI=1S/C17H16N4O/c1-12-6-5-9-14(10-12)16-19-17(18)21(20-16)15(22)11-13-7-3-2-4-8-13/h2-10H,11H2,1H3,(H2,18,19,20). The largest absolute Gasteiger partial charge is 0.368 e. The maximum atomic E-state index is 12.3. The zero-order chi connectivity index (χ0) is 15.5. The van der Waals surface area contributed by atoms with Gasteiger partial charge in [0.1, 0.15) is 0 Å². The Kier molecular flexibility index (Phi) is 3.70. The second-order valence-corrected chi connectivity index (χ2v) is 5.13. The number of nitrogens with two attached hydrogens (primary N) is 1. The second-order valence-electron chi connectivity index (χ2n) is 5.13. The van der Waals surface area contributed by atoms with E-state index in [-0.39, 0.29) is 18.3 Å². The summed E-state index contributed by atoms with van der Waals surface area (Å²) in [5.41, 5.74) is 8.70. The van der Waals surface area contributed by atoms with E-state index in [0.717, 1.165) is 16.7 Å². The maximum Gasteiger partial charge on any atom is 0.254 e. The molecule has 3 rings (SSSR count). The van der Waals surface area contributed by atoms with Gasteiger partial charge >= 0.3 is 0 Å². The fourth-order valence-corrected chi connectivity index (χ4v) is 2.26. The number of carbonyl (C=O) groups is 1. The van der Waals surface area contributed by atoms with E-state index in [4.69, 9.17) is 5.73 Å². The third-order valence-corrected chi connectivity index (χ3v) is 3.34. The topological polar surface area (TPSA) is 73.8 Å². The van der Waals surface area contributed by atoms with Crippen LogP contribution in [-0.4, -0.2) is 20.7 Å². The van der Waals surface area contributed by atoms with E-state index in [2.05, 4.69) is 10.1 Å². The molecule has 0 aliphatic carbocycles. The number of aryl methyl sites for hydroxylation is 1. The van der Waals surface area contributed by atoms with Crippen LogP contribution in [0.3, 0.4) is 0 Å². The van der Waals surface area contributed by atoms with E-state index in [1.807, 2.05) is 61.5 Å². The molecule has 0 aliphatic rings. The van der Waals surface area contributed by atoms with Crippen LogP contribution in [0.2, 0.25) is 0 Å². The molecule has 0 radical (unpaired) electrons. The van der Waals surface area contributed by atoms with Gasteiger partial charge in [0.25, 0.3) is 5.91 Å². The number of carbonyl (C=O) groups excluding carboxylic acids is 1. The van der Waals surface area contributed by atoms with Crippen molar-refractivity contribution in [2.24, 2.45) is 0 Å². The average molecular weight is 292 g/mol. The van der Waals surface area contributed by atoms with Gasteiger partial charge in [-0.1, -0.05) is 54.1 Å². The van der Waals surface area contributed by atoms with E-state index in [0.29, 0.717) is 5.82 Å². The van der Waals surface area contributed by atoms with E-state index in [9.17, 15) is 4.79 Å². The first-order chi connectivity index (χ1) is 10.6. The highest BCUT2D eigenvalue weighted by atomic mass is 16.2. The second kappa shape index (κ2) is 5.81. The normalized spacial score (nSPS) is 10.6. The van der Waals surface area contributed by atoms with Crippen LogP contribution in [0.25, 0.3) is 11.4 Å². The van der Waals surface area contributed by atoms with Crippen LogP contribution < -0.4 is 5.73 Å². The molecule has 0 aliphatic heterocycles. The molecule has 1 aromatic heterocycles. The molecule has 22 heavy (non-hydrogen) atoms. The third-order valence-electron chi connectivity index (χ3n) is 3.34. The first kappa shape index (κ1) is 14.0. The molecule has 0 fully saturated rings. The lowest BCUT2D eigenvalue weighted by Gasteiger charge is -2.01. The quantitative estimate of drug-likeness (QED) is 0.805. The Morgan fingerprint density at radius 2 is 1.91 bits per heavy atom. The summed E-state index contributed by atoms with van der Waals surface area (Å²) < 4.78 is 1.17. The molecule has 0 unspecified atom stereocenters. The van der Waals surface area contributed by atoms with Crippen LogP contribution in [0.5, 0.6) is 0 Å². The van der Waals surface area contributed by atoms with E-state index in [1.165, 1.54) is 4.68 Å². The van der Waals surface area contributed by atoms with Crippen molar-refractivity contribution in [1.82, 2.24) is 14.8 Å². The summed E-state index contributed by atoms with van der Waals surface area (Å²) in [5, 5.41) is 4.25. The lowest BCUT2D eigenvalue weighted by Crippen LogP contribution is -2.17. The molecule has 5 heteroatoms. The Bertz CT molecular complexity index is 809. The molecule has 0 amide bonds. The van der Waals surface area contributed by atoms with Gasteiger partial charge in [-0.05, 0) is 18.6 Å². The first-order valence-electron chi connectivity index (χ1n) is 7.00. The van der Waals surface area contributed by atoms with Crippen LogP contribution in [0.1, 0.15) is 15.9 Å². The lowest BCUT2D eigenvalue weighted by atomic mass is 10.1. The van der Waals surface area contributed by atoms with Gasteiger partial charge in [-0.25, -0.2) is 0 Å². The van der Waals surface area contributed by atoms with Crippen molar-refractivity contribution in [3.05, 3.63) is 65.7 Å². The zero-order valence-electron chi connectivity index (χ0n) is 12.2. The first-order valence-corrected chi connectivity index (χ1v) is 7.00. The van der Waals surface area contributed by atoms with Crippen LogP contribution in [0, 0.1) is 6.92 Å². The summed E-state index contributed by atoms with van der Waals surface area (Å²) in [5.74, 6) is 0.371. The number of rotatable bonds is 3. The Morgan fingerprint density at radius 3 is 2.64 bits per heavy atom. The van der Waals surface area contributed by atoms with Gasteiger partial charge in [-0.15, -0.1) is 5.10 Å². The molecule has 3 aromatic rings. The molecule has 0 atom stereocenters. The third kappa shape index (κ3) is 2.88. The van der Waals surface area contributed by atoms with Crippen molar-refractivity contribution in [2.45, 2.75) is 13.3 Å². The van der Waals surface area contributed by atoms with Gasteiger partial charge in [0.05, 0.1) is 6.42 Å². The lowest BCUT2D eigenvalue weighted by molar-refractivity contribution is 0.0901. The van der Waals surface area contributed by atoms with Gasteiger partial charge in [0.15, 0.2) is 5.82 Å². The Hall–Kier alpha value is -2.95. The fourth-order valence-electron chi connectivity index (χ4n) is 2.26. The minimum atomic E-state index is -0.199. The smallest absolute Gasteiger partial charge is 0.254 e. The SMILES string of the molecule is Cc1cccc(-c2nc(N)n(C(=O)Cc3ccccc3)n2)c1. The molecular weight excluding hydrogens is 276 g/mol. The number of nitrogens with zero attached hydrogens (tertiary/aromatic N) is 3. The molecule has 2 N–H and O–H groups in total. The summed E-state index contributed by atoms with van der Waals surface area (Å²) in [6.07, 6.45) is 0.238. The predicted octanol–water partition coefficient (Wildman–Crippen LogP) is 2.72. The van der Waals surface area contributed by atoms with E-state index in [1.54, 1.807) is 0 Å². The number of hydrogen-bond acceptors (Lipinski definition) is 4. The van der Waals surface area contributed by atoms with Crippen LogP contribution in [-0.2, 0) is 6.42 Å². The molecule has 0 spiro atoms. The molecule has 0 saturated carbocycles. The van der Waals surface area contributed by atoms with Gasteiger partial charge in [-0.2, -0.15) is 9.67 Å². The number of hydrogen-bond donors (Lipinski definition) is 1. The zero-order valence-corrected chi connectivity index (χ0v) is 12.2. The van der Waals surface area contributed by atoms with Gasteiger partial charge < -0.3 is 5.73 Å². The maximum absolute atomic E-state index is 12.3. The van der Waals surface area contributed by atoms with Crippen molar-refractivity contribution >= 4 is 11.9 Å². The molecule has 5 nitrogen and oxygen atoms in total. The molecule has 0 bridgehead atoms. The number of anilines is 1. The molecule has 2 aromatic carbocycles. The van der Waals surface area contributed by atoms with Crippen LogP contribution in [0.15, 0.2) is 54.6 Å². The highest BCUT2D eigenvalue weighted by Gasteiger charge is 2.15. The Morgan fingerprint density at radius 1 is 1.14 bits per heavy atom. The highest BCUT2D eigenvalue weighted by molar-refractivity contribution is 5.83. The molecule has 110 valence electrons. The van der Waals surface area contributed by atoms with Crippen molar-refractivity contribution in [3.63, 3.8) is 0 Å². The van der Waals surface area contributed by atoms with E-state index >= 15 is 0 Å². The number of nitrogen functional groups attached to an aromatic ring is 1. The summed E-state index contributed by atoms with van der Waals surface area (Å²) in [6, 6.07) is 17.3. The molecular formula is C17H16N4O. The summed E-state index contributed by atoms with van der Waals surface area (Å²) >= 11 is 0. The minimum absolute atomic E-state index is 0.109. The highest BCUT2D eigenvalue weighted by Crippen LogP contribution is 2.18. The molecule has 1 heterocycles. The summed E-state index contributed by atoms with van der Waals surface area (Å²) in [7, 11) is 0. The van der Waals surface area contributed by atoms with Crippen LogP contribution in [0.4, 0.5) is 5.95 Å². The Balaban J connectivity index is 1.88. The predicted molar refractivity (Wildman–Crippen MR) is 85.4 cm³/mol. The van der Waals surface area contributed by atoms with Gasteiger partial charge in [-0.3, -0.25) is 4.79 Å². The van der Waals surface area contributed by atoms with Crippen molar-refractivity contribution < 1.29 is 4.79 Å². The van der Waals surface area contributed by atoms with Crippen molar-refractivity contribution in [2.75, 3.05) is 5.73 Å². The Labute approximate surface area is 128 Å². The van der Waals surface area contributed by atoms with Gasteiger partial charge in [0, 0.05) is 5.56 Å². The van der Waals surface area contributed by atoms with E-state index < -0.39 is 0 Å².